The lowest BCUT2D eigenvalue weighted by molar-refractivity contribution is -0.195. The van der Waals surface area contributed by atoms with Crippen LogP contribution >= 0.6 is 0 Å². The van der Waals surface area contributed by atoms with Gasteiger partial charge in [-0.15, -0.1) is 0 Å². The van der Waals surface area contributed by atoms with Crippen LogP contribution < -0.4 is 0 Å². The van der Waals surface area contributed by atoms with Crippen LogP contribution in [-0.4, -0.2) is 34.3 Å². The lowest BCUT2D eigenvalue weighted by Gasteiger charge is -2.60. The fourth-order valence-corrected chi connectivity index (χ4v) is 7.73. The molecule has 4 rings (SSSR count). The Balaban J connectivity index is 1.81. The minimum Gasteiger partial charge on any atom is -0.451 e. The van der Waals surface area contributed by atoms with E-state index in [1.54, 1.807) is 6.08 Å². The Bertz CT molecular complexity index is 853. The van der Waals surface area contributed by atoms with Crippen molar-refractivity contribution in [1.82, 2.24) is 0 Å². The molecule has 0 bridgehead atoms. The van der Waals surface area contributed by atoms with Crippen molar-refractivity contribution in [1.29, 1.82) is 0 Å². The van der Waals surface area contributed by atoms with Gasteiger partial charge in [0.15, 0.2) is 17.2 Å². The topological polar surface area (TPSA) is 80.7 Å². The lowest BCUT2D eigenvalue weighted by atomic mass is 9.46. The van der Waals surface area contributed by atoms with Crippen molar-refractivity contribution in [3.05, 3.63) is 23.3 Å². The predicted molar refractivity (Wildman–Crippen MR) is 108 cm³/mol. The van der Waals surface area contributed by atoms with Crippen LogP contribution in [0.2, 0.25) is 0 Å². The van der Waals surface area contributed by atoms with Gasteiger partial charge < -0.3 is 9.84 Å². The second-order valence-electron chi connectivity index (χ2n) is 10.2. The van der Waals surface area contributed by atoms with Gasteiger partial charge in [0.1, 0.15) is 0 Å². The van der Waals surface area contributed by atoms with Gasteiger partial charge in [-0.1, -0.05) is 31.1 Å². The van der Waals surface area contributed by atoms with Gasteiger partial charge in [-0.2, -0.15) is 0 Å². The van der Waals surface area contributed by atoms with Gasteiger partial charge >= 0.3 is 5.97 Å². The number of hydrogen-bond acceptors (Lipinski definition) is 5. The second-order valence-corrected chi connectivity index (χ2v) is 10.2. The van der Waals surface area contributed by atoms with E-state index in [4.69, 9.17) is 4.74 Å². The summed E-state index contributed by atoms with van der Waals surface area (Å²) in [5, 5.41) is 11.4. The Morgan fingerprint density at radius 1 is 1.24 bits per heavy atom. The average molecular weight is 401 g/mol. The number of carbonyl (C=O) groups is 3. The highest BCUT2D eigenvalue weighted by molar-refractivity contribution is 5.93. The number of carbonyl (C=O) groups excluding carboxylic acids is 3. The Hall–Kier alpha value is -1.75. The Morgan fingerprint density at radius 3 is 2.55 bits per heavy atom. The lowest BCUT2D eigenvalue weighted by Crippen LogP contribution is -2.62. The Labute approximate surface area is 172 Å². The third-order valence-electron chi connectivity index (χ3n) is 8.83. The van der Waals surface area contributed by atoms with E-state index in [0.29, 0.717) is 19.3 Å². The van der Waals surface area contributed by atoms with E-state index in [-0.39, 0.29) is 34.7 Å². The minimum absolute atomic E-state index is 0.00344. The molecule has 0 amide bonds. The zero-order valence-corrected chi connectivity index (χ0v) is 18.1. The molecule has 0 heterocycles. The number of rotatable bonds is 2. The number of Topliss-reactive ketones (excluding diaryl/α,β-unsaturated/α-hetero) is 1. The molecule has 0 aliphatic heterocycles. The summed E-state index contributed by atoms with van der Waals surface area (Å²) in [6, 6.07) is 0. The van der Waals surface area contributed by atoms with Crippen LogP contribution in [0.1, 0.15) is 66.7 Å². The molecule has 1 N–H and O–H groups in total. The molecule has 4 aliphatic carbocycles. The van der Waals surface area contributed by atoms with Crippen molar-refractivity contribution in [2.24, 2.45) is 28.6 Å². The number of esters is 1. The molecule has 5 nitrogen and oxygen atoms in total. The highest BCUT2D eigenvalue weighted by Crippen LogP contribution is 2.68. The summed E-state index contributed by atoms with van der Waals surface area (Å²) in [6.07, 6.45) is 6.05. The summed E-state index contributed by atoms with van der Waals surface area (Å²) in [7, 11) is 0. The summed E-state index contributed by atoms with van der Waals surface area (Å²) in [6.45, 7) is 9.15. The molecule has 7 atom stereocenters. The molecular formula is C24H32O5. The quantitative estimate of drug-likeness (QED) is 0.566. The number of hydrogen-bond donors (Lipinski definition) is 1. The number of ether oxygens (including phenoxy) is 1. The van der Waals surface area contributed by atoms with Gasteiger partial charge in [-0.3, -0.25) is 14.4 Å². The molecule has 6 unspecified atom stereocenters. The highest BCUT2D eigenvalue weighted by Gasteiger charge is 2.69. The molecule has 158 valence electrons. The van der Waals surface area contributed by atoms with Gasteiger partial charge in [0.25, 0.3) is 0 Å². The molecule has 0 spiro atoms. The molecule has 2 saturated carbocycles. The van der Waals surface area contributed by atoms with Crippen molar-refractivity contribution < 1.29 is 24.2 Å². The van der Waals surface area contributed by atoms with E-state index < -0.39 is 23.1 Å². The third-order valence-corrected chi connectivity index (χ3v) is 8.83. The molecule has 0 aromatic rings. The normalized spacial score (nSPS) is 46.1. The van der Waals surface area contributed by atoms with E-state index in [2.05, 4.69) is 13.8 Å². The molecule has 5 heteroatoms. The first kappa shape index (κ1) is 20.5. The number of fused-ring (bicyclic) bond motifs is 5. The van der Waals surface area contributed by atoms with E-state index in [1.165, 1.54) is 19.4 Å². The van der Waals surface area contributed by atoms with E-state index in [0.717, 1.165) is 18.4 Å². The van der Waals surface area contributed by atoms with Crippen LogP contribution in [0.5, 0.6) is 0 Å². The molecular weight excluding hydrogens is 368 g/mol. The van der Waals surface area contributed by atoms with Crippen molar-refractivity contribution >= 4 is 17.5 Å². The number of ketones is 2. The highest BCUT2D eigenvalue weighted by atomic mass is 16.6. The second kappa shape index (κ2) is 6.37. The summed E-state index contributed by atoms with van der Waals surface area (Å²) in [4.78, 5) is 36.8. The predicted octanol–water partition coefficient (Wildman–Crippen LogP) is 3.55. The molecule has 0 saturated heterocycles. The van der Waals surface area contributed by atoms with Crippen molar-refractivity contribution in [2.75, 3.05) is 0 Å². The molecule has 29 heavy (non-hydrogen) atoms. The van der Waals surface area contributed by atoms with Crippen LogP contribution in [-0.2, 0) is 19.1 Å². The molecule has 0 radical (unpaired) electrons. The minimum atomic E-state index is -1.16. The fraction of sp³-hybridized carbons (Fsp3) is 0.708. The monoisotopic (exact) mass is 400 g/mol. The van der Waals surface area contributed by atoms with Gasteiger partial charge in [-0.05, 0) is 57.4 Å². The maximum Gasteiger partial charge on any atom is 0.303 e. The first-order valence-corrected chi connectivity index (χ1v) is 10.8. The number of aliphatic hydroxyl groups excluding tert-OH is 1. The first-order valence-electron chi connectivity index (χ1n) is 10.8. The number of allylic oxidation sites excluding steroid dienone is 4. The maximum absolute atomic E-state index is 12.8. The Morgan fingerprint density at radius 2 is 1.93 bits per heavy atom. The molecule has 2 fully saturated rings. The number of aliphatic hydroxyl groups is 1. The van der Waals surface area contributed by atoms with E-state index in [9.17, 15) is 19.5 Å². The van der Waals surface area contributed by atoms with E-state index >= 15 is 0 Å². The van der Waals surface area contributed by atoms with Crippen molar-refractivity contribution in [3.8, 4) is 0 Å². The van der Waals surface area contributed by atoms with Crippen LogP contribution in [0.25, 0.3) is 0 Å². The summed E-state index contributed by atoms with van der Waals surface area (Å²) >= 11 is 0. The summed E-state index contributed by atoms with van der Waals surface area (Å²) < 4.78 is 5.76. The van der Waals surface area contributed by atoms with Crippen LogP contribution in [0.15, 0.2) is 23.3 Å². The zero-order chi connectivity index (χ0) is 21.4. The van der Waals surface area contributed by atoms with Gasteiger partial charge in [0.05, 0.1) is 6.10 Å². The van der Waals surface area contributed by atoms with Crippen molar-refractivity contribution in [3.63, 3.8) is 0 Å². The Kier molecular flexibility index (Phi) is 4.51. The van der Waals surface area contributed by atoms with Gasteiger partial charge in [0.2, 0.25) is 0 Å². The van der Waals surface area contributed by atoms with Crippen LogP contribution in [0, 0.1) is 28.6 Å². The van der Waals surface area contributed by atoms with E-state index in [1.807, 2.05) is 13.0 Å². The van der Waals surface area contributed by atoms with Crippen molar-refractivity contribution in [2.45, 2.75) is 78.4 Å². The molecule has 0 aromatic heterocycles. The SMILES string of the molecule is CC(=O)O[C@]1(C(C)=O)CCC2C3CC(C)=C4CC(=O)C=CC4(C)C3C(O)CC21C. The average Bonchev–Trinajstić information content (AvgIpc) is 2.89. The molecule has 0 aromatic carbocycles. The fourth-order valence-electron chi connectivity index (χ4n) is 7.73. The third kappa shape index (κ3) is 2.59. The van der Waals surface area contributed by atoms with Crippen LogP contribution in [0.4, 0.5) is 0 Å². The largest absolute Gasteiger partial charge is 0.451 e. The maximum atomic E-state index is 12.8. The molecule has 4 aliphatic rings. The standard InChI is InChI=1S/C24H32O5/c1-13-10-17-18-7-9-24(14(2)25,29-15(3)26)23(18,5)12-20(28)21(17)22(4)8-6-16(27)11-19(13)22/h6,8,17-18,20-21,28H,7,9-12H2,1-5H3/t17?,18?,20?,21?,22?,23?,24-/m0/s1. The smallest absolute Gasteiger partial charge is 0.303 e. The van der Waals surface area contributed by atoms with Gasteiger partial charge in [-0.25, -0.2) is 0 Å². The van der Waals surface area contributed by atoms with Crippen LogP contribution in [0.3, 0.4) is 0 Å². The van der Waals surface area contributed by atoms with Gasteiger partial charge in [0, 0.05) is 30.1 Å². The first-order chi connectivity index (χ1) is 13.5. The summed E-state index contributed by atoms with van der Waals surface area (Å²) in [5.74, 6) is -0.0750. The summed E-state index contributed by atoms with van der Waals surface area (Å²) in [5.41, 5.74) is 0.297. The zero-order valence-electron chi connectivity index (χ0n) is 18.1.